The average molecular weight is 341 g/mol. The minimum atomic E-state index is 0.0188. The second kappa shape index (κ2) is 6.56. The molecule has 1 aliphatic heterocycles. The topological polar surface area (TPSA) is 55.8 Å². The molecular weight excluding hydrogens is 312 g/mol. The zero-order valence-electron chi connectivity index (χ0n) is 15.1. The van der Waals surface area contributed by atoms with E-state index in [1.807, 2.05) is 12.3 Å². The largest absolute Gasteiger partial charge is 0.462 e. The summed E-state index contributed by atoms with van der Waals surface area (Å²) in [6.07, 6.45) is 9.54. The highest BCUT2D eigenvalue weighted by atomic mass is 16.6. The Bertz CT molecular complexity index is 659. The number of rotatable bonds is 4. The summed E-state index contributed by atoms with van der Waals surface area (Å²) >= 11 is 0. The molecule has 2 N–H and O–H groups in total. The van der Waals surface area contributed by atoms with Gasteiger partial charge in [-0.2, -0.15) is 0 Å². The van der Waals surface area contributed by atoms with Gasteiger partial charge < -0.3 is 10.1 Å². The molecular formula is C21H29N2O2+. The number of quaternary nitrogens is 1. The van der Waals surface area contributed by atoms with Crippen LogP contribution in [0.15, 0.2) is 36.7 Å². The minimum Gasteiger partial charge on any atom is -0.462 e. The Labute approximate surface area is 150 Å². The number of carbonyl (C=O) groups excluding carboxylic acids is 1. The monoisotopic (exact) mass is 341 g/mol. The van der Waals surface area contributed by atoms with Gasteiger partial charge in [0.15, 0.2) is 0 Å². The summed E-state index contributed by atoms with van der Waals surface area (Å²) in [6.45, 7) is 8.42. The number of hydrogen-bond acceptors (Lipinski definition) is 3. The van der Waals surface area contributed by atoms with Crippen molar-refractivity contribution in [2.24, 2.45) is 23.2 Å². The van der Waals surface area contributed by atoms with Crippen LogP contribution in [-0.4, -0.2) is 23.6 Å². The van der Waals surface area contributed by atoms with Gasteiger partial charge in [0.05, 0.1) is 6.54 Å². The fourth-order valence-corrected chi connectivity index (χ4v) is 5.47. The highest BCUT2D eigenvalue weighted by molar-refractivity contribution is 5.75. The van der Waals surface area contributed by atoms with Crippen molar-refractivity contribution in [3.8, 4) is 0 Å². The molecule has 2 heterocycles. The van der Waals surface area contributed by atoms with Crippen molar-refractivity contribution in [2.75, 3.05) is 6.54 Å². The highest BCUT2D eigenvalue weighted by Gasteiger charge is 2.55. The Hall–Kier alpha value is -1.68. The van der Waals surface area contributed by atoms with Gasteiger partial charge in [-0.05, 0) is 49.5 Å². The molecule has 4 heteroatoms. The van der Waals surface area contributed by atoms with Gasteiger partial charge in [-0.25, -0.2) is 0 Å². The summed E-state index contributed by atoms with van der Waals surface area (Å²) in [5, 5.41) is 2.23. The van der Waals surface area contributed by atoms with Gasteiger partial charge in [0.2, 0.25) is 0 Å². The smallest absolute Gasteiger partial charge is 0.315 e. The van der Waals surface area contributed by atoms with Crippen LogP contribution in [0.3, 0.4) is 0 Å². The molecule has 1 saturated heterocycles. The lowest BCUT2D eigenvalue weighted by molar-refractivity contribution is -0.675. The molecule has 4 rings (SSSR count). The number of pyridine rings is 1. The lowest BCUT2D eigenvalue weighted by Gasteiger charge is -2.49. The predicted molar refractivity (Wildman–Crippen MR) is 95.4 cm³/mol. The summed E-state index contributed by atoms with van der Waals surface area (Å²) in [4.78, 5) is 16.7. The van der Waals surface area contributed by atoms with E-state index in [0.717, 1.165) is 32.4 Å². The normalized spacial score (nSPS) is 37.3. The molecule has 4 nitrogen and oxygen atoms in total. The lowest BCUT2D eigenvalue weighted by Crippen LogP contribution is -2.84. The van der Waals surface area contributed by atoms with E-state index in [1.165, 1.54) is 24.0 Å². The number of hydrogen-bond donors (Lipinski definition) is 1. The van der Waals surface area contributed by atoms with Crippen molar-refractivity contribution in [2.45, 2.75) is 51.7 Å². The van der Waals surface area contributed by atoms with Gasteiger partial charge in [-0.1, -0.05) is 25.1 Å². The van der Waals surface area contributed by atoms with Crippen LogP contribution in [0, 0.1) is 23.2 Å². The molecule has 0 amide bonds. The van der Waals surface area contributed by atoms with Gasteiger partial charge >= 0.3 is 5.97 Å². The molecule has 2 saturated carbocycles. The van der Waals surface area contributed by atoms with E-state index in [0.29, 0.717) is 11.8 Å². The fourth-order valence-electron chi connectivity index (χ4n) is 5.47. The molecule has 0 bridgehead atoms. The summed E-state index contributed by atoms with van der Waals surface area (Å²) in [5.74, 6) is 0.981. The second-order valence-corrected chi connectivity index (χ2v) is 8.49. The number of nitrogens with two attached hydrogens (primary N) is 1. The standard InChI is InChI=1S/C21H28N2O2/c1-14-5-3-7-21(2)10-19-16(9-18(14)21)17(20(24)25-19)13-23-12-15-6-4-8-22-11-15/h4,6,8,11,16-19,23H,1,3,5,7,9-10,12-13H2,2H3/p+1/t16-,17-,18-,19-,21-/m1/s1. The molecule has 0 spiro atoms. The molecule has 134 valence electrons. The number of ether oxygens (including phenoxy) is 1. The quantitative estimate of drug-likeness (QED) is 0.676. The number of allylic oxidation sites excluding steroid dienone is 1. The Kier molecular flexibility index (Phi) is 4.40. The predicted octanol–water partition coefficient (Wildman–Crippen LogP) is 2.46. The van der Waals surface area contributed by atoms with Crippen molar-refractivity contribution in [1.82, 2.24) is 4.98 Å². The van der Waals surface area contributed by atoms with Crippen molar-refractivity contribution in [3.05, 3.63) is 42.2 Å². The summed E-state index contributed by atoms with van der Waals surface area (Å²) in [6, 6.07) is 4.04. The van der Waals surface area contributed by atoms with Crippen molar-refractivity contribution >= 4 is 5.97 Å². The maximum absolute atomic E-state index is 12.5. The van der Waals surface area contributed by atoms with Crippen LogP contribution in [-0.2, 0) is 16.1 Å². The van der Waals surface area contributed by atoms with Gasteiger partial charge in [-0.15, -0.1) is 0 Å². The first kappa shape index (κ1) is 16.8. The first-order valence-corrected chi connectivity index (χ1v) is 9.65. The third-order valence-electron chi connectivity index (χ3n) is 6.84. The highest BCUT2D eigenvalue weighted by Crippen LogP contribution is 2.56. The maximum atomic E-state index is 12.5. The van der Waals surface area contributed by atoms with Crippen LogP contribution in [0.1, 0.15) is 44.6 Å². The van der Waals surface area contributed by atoms with Gasteiger partial charge in [0.1, 0.15) is 18.6 Å². The van der Waals surface area contributed by atoms with Crippen LogP contribution in [0.2, 0.25) is 0 Å². The molecule has 2 aliphatic carbocycles. The van der Waals surface area contributed by atoms with Crippen molar-refractivity contribution in [1.29, 1.82) is 0 Å². The molecule has 0 unspecified atom stereocenters. The van der Waals surface area contributed by atoms with Crippen LogP contribution in [0.25, 0.3) is 0 Å². The zero-order chi connectivity index (χ0) is 17.4. The van der Waals surface area contributed by atoms with Crippen molar-refractivity contribution < 1.29 is 14.8 Å². The second-order valence-electron chi connectivity index (χ2n) is 8.49. The van der Waals surface area contributed by atoms with E-state index in [9.17, 15) is 4.79 Å². The van der Waals surface area contributed by atoms with Gasteiger partial charge in [-0.3, -0.25) is 9.78 Å². The summed E-state index contributed by atoms with van der Waals surface area (Å²) in [7, 11) is 0. The van der Waals surface area contributed by atoms with Gasteiger partial charge in [0.25, 0.3) is 0 Å². The fraction of sp³-hybridized carbons (Fsp3) is 0.619. The van der Waals surface area contributed by atoms with Gasteiger partial charge in [0, 0.05) is 23.9 Å². The number of nitrogens with zero attached hydrogens (tertiary/aromatic N) is 1. The molecule has 25 heavy (non-hydrogen) atoms. The van der Waals surface area contributed by atoms with Crippen LogP contribution < -0.4 is 5.32 Å². The Morgan fingerprint density at radius 3 is 3.16 bits per heavy atom. The van der Waals surface area contributed by atoms with E-state index in [2.05, 4.69) is 29.9 Å². The van der Waals surface area contributed by atoms with Crippen LogP contribution in [0.5, 0.6) is 0 Å². The molecule has 5 atom stereocenters. The third-order valence-corrected chi connectivity index (χ3v) is 6.84. The minimum absolute atomic E-state index is 0.0188. The van der Waals surface area contributed by atoms with E-state index in [-0.39, 0.29) is 23.4 Å². The number of esters is 1. The van der Waals surface area contributed by atoms with Crippen LogP contribution in [0.4, 0.5) is 0 Å². The van der Waals surface area contributed by atoms with E-state index < -0.39 is 0 Å². The summed E-state index contributed by atoms with van der Waals surface area (Å²) in [5.41, 5.74) is 2.89. The first-order valence-electron chi connectivity index (χ1n) is 9.65. The molecule has 0 radical (unpaired) electrons. The molecule has 1 aromatic rings. The number of fused-ring (bicyclic) bond motifs is 2. The Balaban J connectivity index is 1.42. The van der Waals surface area contributed by atoms with E-state index in [1.54, 1.807) is 6.20 Å². The zero-order valence-corrected chi connectivity index (χ0v) is 15.1. The molecule has 0 aromatic carbocycles. The third kappa shape index (κ3) is 3.12. The number of carbonyl (C=O) groups is 1. The maximum Gasteiger partial charge on any atom is 0.315 e. The summed E-state index contributed by atoms with van der Waals surface area (Å²) < 4.78 is 5.83. The lowest BCUT2D eigenvalue weighted by atomic mass is 9.55. The molecule has 3 fully saturated rings. The molecule has 1 aromatic heterocycles. The number of aromatic nitrogens is 1. The SMILES string of the molecule is C=C1CCC[C@]2(C)C[C@H]3OC(=O)[C@H](C[NH2+]Cc4cccnc4)[C@H]3C[C@H]12. The van der Waals surface area contributed by atoms with Crippen molar-refractivity contribution in [3.63, 3.8) is 0 Å². The first-order chi connectivity index (χ1) is 12.1. The van der Waals surface area contributed by atoms with Crippen LogP contribution >= 0.6 is 0 Å². The Morgan fingerprint density at radius 2 is 2.36 bits per heavy atom. The molecule has 3 aliphatic rings. The average Bonchev–Trinajstić information content (AvgIpc) is 2.88. The Morgan fingerprint density at radius 1 is 1.48 bits per heavy atom. The van der Waals surface area contributed by atoms with E-state index >= 15 is 0 Å². The van der Waals surface area contributed by atoms with E-state index in [4.69, 9.17) is 4.74 Å².